The van der Waals surface area contributed by atoms with Gasteiger partial charge >= 0.3 is 0 Å². The van der Waals surface area contributed by atoms with Crippen LogP contribution >= 0.6 is 0 Å². The summed E-state index contributed by atoms with van der Waals surface area (Å²) in [6.07, 6.45) is 3.92. The molecule has 3 aromatic rings. The van der Waals surface area contributed by atoms with E-state index >= 15 is 0 Å². The number of methoxy groups -OCH3 is 1. The number of H-pyrrole nitrogens is 1. The average Bonchev–Trinajstić information content (AvgIpc) is 2.94. The van der Waals surface area contributed by atoms with Crippen LogP contribution in [0.4, 0.5) is 4.39 Å². The Morgan fingerprint density at radius 3 is 3.00 bits per heavy atom. The number of pyridine rings is 1. The second kappa shape index (κ2) is 6.58. The van der Waals surface area contributed by atoms with E-state index in [4.69, 9.17) is 4.74 Å². The van der Waals surface area contributed by atoms with Gasteiger partial charge in [0.05, 0.1) is 13.3 Å². The highest BCUT2D eigenvalue weighted by atomic mass is 19.1. The second-order valence-electron chi connectivity index (χ2n) is 5.10. The summed E-state index contributed by atoms with van der Waals surface area (Å²) in [6.45, 7) is 1.53. The molecule has 1 aromatic carbocycles. The number of aromatic amines is 1. The quantitative estimate of drug-likeness (QED) is 0.688. The minimum Gasteiger partial charge on any atom is -0.496 e. The van der Waals surface area contributed by atoms with Crippen molar-refractivity contribution in [3.8, 4) is 5.75 Å². The number of nitrogens with one attached hydrogen (secondary N) is 2. The summed E-state index contributed by atoms with van der Waals surface area (Å²) in [4.78, 5) is 7.10. The van der Waals surface area contributed by atoms with Crippen LogP contribution in [0.25, 0.3) is 11.0 Å². The minimum atomic E-state index is -0.310. The maximum absolute atomic E-state index is 13.3. The third kappa shape index (κ3) is 3.09. The van der Waals surface area contributed by atoms with E-state index in [-0.39, 0.29) is 5.82 Å². The van der Waals surface area contributed by atoms with Crippen molar-refractivity contribution in [1.82, 2.24) is 15.3 Å². The number of rotatable bonds is 6. The maximum Gasteiger partial charge on any atom is 0.142 e. The molecule has 114 valence electrons. The Kier molecular flexibility index (Phi) is 4.34. The first kappa shape index (κ1) is 14.5. The van der Waals surface area contributed by atoms with Crippen molar-refractivity contribution in [2.45, 2.75) is 13.0 Å². The third-order valence-electron chi connectivity index (χ3n) is 3.66. The molecule has 0 amide bonds. The number of halogens is 1. The van der Waals surface area contributed by atoms with Crippen molar-refractivity contribution in [3.05, 3.63) is 59.7 Å². The summed E-state index contributed by atoms with van der Waals surface area (Å²) in [5.41, 5.74) is 2.91. The summed E-state index contributed by atoms with van der Waals surface area (Å²) >= 11 is 0. The molecule has 22 heavy (non-hydrogen) atoms. The Morgan fingerprint density at radius 1 is 1.27 bits per heavy atom. The highest BCUT2D eigenvalue weighted by Gasteiger charge is 2.06. The second-order valence-corrected chi connectivity index (χ2v) is 5.10. The molecule has 0 unspecified atom stereocenters. The van der Waals surface area contributed by atoms with Gasteiger partial charge in [-0.15, -0.1) is 0 Å². The first-order valence-electron chi connectivity index (χ1n) is 7.22. The van der Waals surface area contributed by atoms with Crippen LogP contribution in [-0.2, 0) is 13.0 Å². The van der Waals surface area contributed by atoms with Crippen LogP contribution in [0.3, 0.4) is 0 Å². The zero-order valence-corrected chi connectivity index (χ0v) is 12.4. The molecule has 3 rings (SSSR count). The maximum atomic E-state index is 13.3. The van der Waals surface area contributed by atoms with E-state index < -0.39 is 0 Å². The van der Waals surface area contributed by atoms with E-state index in [1.165, 1.54) is 12.3 Å². The lowest BCUT2D eigenvalue weighted by atomic mass is 10.1. The Hall–Kier alpha value is -2.40. The van der Waals surface area contributed by atoms with Crippen LogP contribution in [-0.4, -0.2) is 23.6 Å². The zero-order valence-electron chi connectivity index (χ0n) is 12.4. The Bertz CT molecular complexity index is 769. The van der Waals surface area contributed by atoms with Crippen LogP contribution in [0.15, 0.2) is 42.7 Å². The third-order valence-corrected chi connectivity index (χ3v) is 3.66. The fourth-order valence-electron chi connectivity index (χ4n) is 2.53. The number of benzene rings is 1. The number of hydrogen-bond donors (Lipinski definition) is 2. The fourth-order valence-corrected chi connectivity index (χ4v) is 2.53. The first-order valence-corrected chi connectivity index (χ1v) is 7.22. The van der Waals surface area contributed by atoms with Gasteiger partial charge in [-0.05, 0) is 30.7 Å². The number of ether oxygens (including phenoxy) is 1. The molecule has 0 saturated carbocycles. The van der Waals surface area contributed by atoms with E-state index in [1.54, 1.807) is 7.11 Å². The molecular formula is C17H18FN3O. The summed E-state index contributed by atoms with van der Waals surface area (Å²) in [6, 6.07) is 9.46. The molecule has 0 atom stereocenters. The predicted molar refractivity (Wildman–Crippen MR) is 84.5 cm³/mol. The van der Waals surface area contributed by atoms with Gasteiger partial charge in [0.1, 0.15) is 17.2 Å². The van der Waals surface area contributed by atoms with Gasteiger partial charge in [0.15, 0.2) is 0 Å². The average molecular weight is 299 g/mol. The van der Waals surface area contributed by atoms with E-state index in [2.05, 4.69) is 15.3 Å². The number of nitrogens with zero attached hydrogens (tertiary/aromatic N) is 1. The highest BCUT2D eigenvalue weighted by molar-refractivity contribution is 5.79. The molecule has 0 aliphatic rings. The summed E-state index contributed by atoms with van der Waals surface area (Å²) in [7, 11) is 1.67. The number of hydrogen-bond acceptors (Lipinski definition) is 3. The van der Waals surface area contributed by atoms with Gasteiger partial charge in [-0.25, -0.2) is 9.37 Å². The SMILES string of the molecule is COc1ccccc1CNCCc1c[nH]c2ncc(F)cc12. The Morgan fingerprint density at radius 2 is 2.14 bits per heavy atom. The van der Waals surface area contributed by atoms with Gasteiger partial charge in [0.2, 0.25) is 0 Å². The molecule has 0 aliphatic carbocycles. The summed E-state index contributed by atoms with van der Waals surface area (Å²) < 4.78 is 18.6. The fraction of sp³-hybridized carbons (Fsp3) is 0.235. The minimum absolute atomic E-state index is 0.310. The molecular weight excluding hydrogens is 281 g/mol. The van der Waals surface area contributed by atoms with Crippen LogP contribution in [0.1, 0.15) is 11.1 Å². The monoisotopic (exact) mass is 299 g/mol. The number of para-hydroxylation sites is 1. The standard InChI is InChI=1S/C17H18FN3O/c1-22-16-5-3-2-4-13(16)9-19-7-6-12-10-20-17-15(12)8-14(18)11-21-17/h2-5,8,10-11,19H,6-7,9H2,1H3,(H,20,21). The van der Waals surface area contributed by atoms with Gasteiger partial charge < -0.3 is 15.0 Å². The molecule has 2 heterocycles. The lowest BCUT2D eigenvalue weighted by Gasteiger charge is -2.09. The zero-order chi connectivity index (χ0) is 15.4. The van der Waals surface area contributed by atoms with Crippen LogP contribution in [0.5, 0.6) is 5.75 Å². The van der Waals surface area contributed by atoms with Crippen LogP contribution < -0.4 is 10.1 Å². The van der Waals surface area contributed by atoms with E-state index in [0.29, 0.717) is 0 Å². The molecule has 0 spiro atoms. The Balaban J connectivity index is 1.59. The molecule has 2 aromatic heterocycles. The molecule has 5 heteroatoms. The van der Waals surface area contributed by atoms with Crippen molar-refractivity contribution in [2.24, 2.45) is 0 Å². The number of fused-ring (bicyclic) bond motifs is 1. The molecule has 0 saturated heterocycles. The Labute approximate surface area is 128 Å². The molecule has 2 N–H and O–H groups in total. The smallest absolute Gasteiger partial charge is 0.142 e. The van der Waals surface area contributed by atoms with Crippen molar-refractivity contribution in [1.29, 1.82) is 0 Å². The molecule has 0 fully saturated rings. The van der Waals surface area contributed by atoms with Crippen LogP contribution in [0, 0.1) is 5.82 Å². The van der Waals surface area contributed by atoms with Crippen molar-refractivity contribution >= 4 is 11.0 Å². The van der Waals surface area contributed by atoms with Gasteiger partial charge in [-0.3, -0.25) is 0 Å². The highest BCUT2D eigenvalue weighted by Crippen LogP contribution is 2.18. The van der Waals surface area contributed by atoms with Crippen molar-refractivity contribution < 1.29 is 9.13 Å². The van der Waals surface area contributed by atoms with Gasteiger partial charge in [-0.1, -0.05) is 18.2 Å². The van der Waals surface area contributed by atoms with E-state index in [9.17, 15) is 4.39 Å². The molecule has 0 aliphatic heterocycles. The van der Waals surface area contributed by atoms with Crippen molar-refractivity contribution in [2.75, 3.05) is 13.7 Å². The molecule has 4 nitrogen and oxygen atoms in total. The van der Waals surface area contributed by atoms with Gasteiger partial charge in [0, 0.05) is 23.7 Å². The predicted octanol–water partition coefficient (Wildman–Crippen LogP) is 3.04. The van der Waals surface area contributed by atoms with E-state index in [0.717, 1.165) is 47.4 Å². The lowest BCUT2D eigenvalue weighted by molar-refractivity contribution is 0.408. The van der Waals surface area contributed by atoms with Gasteiger partial charge in [0.25, 0.3) is 0 Å². The lowest BCUT2D eigenvalue weighted by Crippen LogP contribution is -2.17. The summed E-state index contributed by atoms with van der Waals surface area (Å²) in [5, 5.41) is 4.23. The first-order chi connectivity index (χ1) is 10.8. The number of aromatic nitrogens is 2. The molecule has 0 radical (unpaired) electrons. The normalized spacial score (nSPS) is 11.0. The molecule has 0 bridgehead atoms. The van der Waals surface area contributed by atoms with Gasteiger partial charge in [-0.2, -0.15) is 0 Å². The van der Waals surface area contributed by atoms with Crippen molar-refractivity contribution in [3.63, 3.8) is 0 Å². The van der Waals surface area contributed by atoms with E-state index in [1.807, 2.05) is 30.5 Å². The van der Waals surface area contributed by atoms with Crippen LogP contribution in [0.2, 0.25) is 0 Å². The summed E-state index contributed by atoms with van der Waals surface area (Å²) in [5.74, 6) is 0.573. The topological polar surface area (TPSA) is 49.9 Å². The largest absolute Gasteiger partial charge is 0.496 e.